The zero-order valence-electron chi connectivity index (χ0n) is 9.57. The van der Waals surface area contributed by atoms with Gasteiger partial charge in [0.05, 0.1) is 0 Å². The lowest BCUT2D eigenvalue weighted by molar-refractivity contribution is -0.0477. The highest BCUT2D eigenvalue weighted by atomic mass is 19.1. The van der Waals surface area contributed by atoms with Crippen LogP contribution in [0.3, 0.4) is 0 Å². The molecule has 1 fully saturated rings. The first-order chi connectivity index (χ1) is 6.43. The molecule has 0 spiro atoms. The van der Waals surface area contributed by atoms with Crippen LogP contribution in [-0.2, 0) is 0 Å². The molecule has 0 aliphatic carbocycles. The molecule has 1 aliphatic heterocycles. The van der Waals surface area contributed by atoms with Crippen molar-refractivity contribution in [2.45, 2.75) is 52.6 Å². The van der Waals surface area contributed by atoms with Gasteiger partial charge in [-0.1, -0.05) is 27.7 Å². The summed E-state index contributed by atoms with van der Waals surface area (Å²) in [4.78, 5) is 1.92. The standard InChI is InChI=1S/C11H22FNO/c1-7(2)10-5-9(12)6-13(10)11(14)8(3)4/h7-11,14H,5-6H2,1-4H3/t9?,10-,11?/m0/s1. The van der Waals surface area contributed by atoms with Gasteiger partial charge in [-0.25, -0.2) is 4.39 Å². The Morgan fingerprint density at radius 2 is 1.86 bits per heavy atom. The molecule has 1 heterocycles. The zero-order valence-corrected chi connectivity index (χ0v) is 9.57. The third kappa shape index (κ3) is 2.45. The number of likely N-dealkylation sites (tertiary alicyclic amines) is 1. The monoisotopic (exact) mass is 203 g/mol. The van der Waals surface area contributed by atoms with Crippen LogP contribution in [0.4, 0.5) is 4.39 Å². The molecular formula is C11H22FNO. The molecule has 1 aliphatic rings. The summed E-state index contributed by atoms with van der Waals surface area (Å²) < 4.78 is 13.3. The Bertz CT molecular complexity index is 184. The van der Waals surface area contributed by atoms with Gasteiger partial charge in [0.25, 0.3) is 0 Å². The van der Waals surface area contributed by atoms with E-state index >= 15 is 0 Å². The Balaban J connectivity index is 2.66. The molecule has 2 unspecified atom stereocenters. The highest BCUT2D eigenvalue weighted by Gasteiger charge is 2.38. The first-order valence-corrected chi connectivity index (χ1v) is 5.51. The number of aliphatic hydroxyl groups is 1. The second-order valence-corrected chi connectivity index (χ2v) is 5.00. The minimum Gasteiger partial charge on any atom is -0.378 e. The third-order valence-electron chi connectivity index (χ3n) is 3.04. The van der Waals surface area contributed by atoms with Gasteiger partial charge in [-0.05, 0) is 18.3 Å². The lowest BCUT2D eigenvalue weighted by Gasteiger charge is -2.33. The number of aliphatic hydroxyl groups excluding tert-OH is 1. The van der Waals surface area contributed by atoms with Gasteiger partial charge in [-0.2, -0.15) is 0 Å². The van der Waals surface area contributed by atoms with E-state index in [9.17, 15) is 9.50 Å². The van der Waals surface area contributed by atoms with Crippen molar-refractivity contribution in [3.05, 3.63) is 0 Å². The predicted octanol–water partition coefficient (Wildman–Crippen LogP) is 2.03. The van der Waals surface area contributed by atoms with E-state index < -0.39 is 12.4 Å². The van der Waals surface area contributed by atoms with Crippen molar-refractivity contribution >= 4 is 0 Å². The van der Waals surface area contributed by atoms with Gasteiger partial charge in [0, 0.05) is 12.6 Å². The molecule has 1 N–H and O–H groups in total. The molecule has 1 rings (SSSR count). The molecular weight excluding hydrogens is 181 g/mol. The Morgan fingerprint density at radius 3 is 2.29 bits per heavy atom. The van der Waals surface area contributed by atoms with Gasteiger partial charge in [0.2, 0.25) is 0 Å². The minimum absolute atomic E-state index is 0.168. The van der Waals surface area contributed by atoms with Crippen molar-refractivity contribution in [2.24, 2.45) is 11.8 Å². The van der Waals surface area contributed by atoms with Gasteiger partial charge >= 0.3 is 0 Å². The molecule has 3 heteroatoms. The van der Waals surface area contributed by atoms with Crippen molar-refractivity contribution in [1.82, 2.24) is 4.90 Å². The summed E-state index contributed by atoms with van der Waals surface area (Å²) >= 11 is 0. The van der Waals surface area contributed by atoms with Gasteiger partial charge < -0.3 is 5.11 Å². The lowest BCUT2D eigenvalue weighted by Crippen LogP contribution is -2.44. The van der Waals surface area contributed by atoms with E-state index in [0.717, 1.165) is 0 Å². The average Bonchev–Trinajstić information content (AvgIpc) is 2.45. The molecule has 1 saturated heterocycles. The Labute approximate surface area is 86.1 Å². The van der Waals surface area contributed by atoms with E-state index in [2.05, 4.69) is 13.8 Å². The maximum Gasteiger partial charge on any atom is 0.114 e. The molecule has 2 nitrogen and oxygen atoms in total. The van der Waals surface area contributed by atoms with Crippen LogP contribution in [0.25, 0.3) is 0 Å². The Hall–Kier alpha value is -0.150. The van der Waals surface area contributed by atoms with Gasteiger partial charge in [0.15, 0.2) is 0 Å². The fourth-order valence-corrected chi connectivity index (χ4v) is 2.18. The van der Waals surface area contributed by atoms with E-state index in [1.165, 1.54) is 0 Å². The van der Waals surface area contributed by atoms with Crippen molar-refractivity contribution in [3.63, 3.8) is 0 Å². The van der Waals surface area contributed by atoms with Crippen LogP contribution in [0.15, 0.2) is 0 Å². The molecule has 0 radical (unpaired) electrons. The fourth-order valence-electron chi connectivity index (χ4n) is 2.18. The van der Waals surface area contributed by atoms with E-state index in [-0.39, 0.29) is 12.0 Å². The minimum atomic E-state index is -0.768. The van der Waals surface area contributed by atoms with Crippen LogP contribution in [0, 0.1) is 11.8 Å². The van der Waals surface area contributed by atoms with Crippen LogP contribution in [0.5, 0.6) is 0 Å². The normalized spacial score (nSPS) is 31.7. The number of hydrogen-bond donors (Lipinski definition) is 1. The quantitative estimate of drug-likeness (QED) is 0.758. The van der Waals surface area contributed by atoms with Crippen molar-refractivity contribution in [2.75, 3.05) is 6.54 Å². The summed E-state index contributed by atoms with van der Waals surface area (Å²) in [6.07, 6.45) is -0.694. The number of nitrogens with zero attached hydrogens (tertiary/aromatic N) is 1. The first kappa shape index (κ1) is 11.9. The summed E-state index contributed by atoms with van der Waals surface area (Å²) in [7, 11) is 0. The van der Waals surface area contributed by atoms with E-state index in [4.69, 9.17) is 0 Å². The largest absolute Gasteiger partial charge is 0.378 e. The molecule has 0 aromatic carbocycles. The van der Waals surface area contributed by atoms with E-state index in [1.807, 2.05) is 18.7 Å². The lowest BCUT2D eigenvalue weighted by atomic mass is 10.0. The Morgan fingerprint density at radius 1 is 1.29 bits per heavy atom. The van der Waals surface area contributed by atoms with Crippen LogP contribution in [0.2, 0.25) is 0 Å². The Kier molecular flexibility index (Phi) is 3.90. The average molecular weight is 203 g/mol. The summed E-state index contributed by atoms with van der Waals surface area (Å²) in [5.41, 5.74) is 0. The van der Waals surface area contributed by atoms with Crippen molar-refractivity contribution in [3.8, 4) is 0 Å². The molecule has 3 atom stereocenters. The summed E-state index contributed by atoms with van der Waals surface area (Å²) in [6, 6.07) is 0.197. The van der Waals surface area contributed by atoms with E-state index in [0.29, 0.717) is 18.9 Å². The second kappa shape index (κ2) is 4.58. The number of alkyl halides is 1. The topological polar surface area (TPSA) is 23.5 Å². The first-order valence-electron chi connectivity index (χ1n) is 5.51. The zero-order chi connectivity index (χ0) is 10.9. The maximum atomic E-state index is 13.3. The molecule has 0 amide bonds. The predicted molar refractivity (Wildman–Crippen MR) is 55.7 cm³/mol. The summed E-state index contributed by atoms with van der Waals surface area (Å²) in [5.74, 6) is 0.575. The van der Waals surface area contributed by atoms with Crippen LogP contribution >= 0.6 is 0 Å². The summed E-state index contributed by atoms with van der Waals surface area (Å²) in [6.45, 7) is 8.49. The fraction of sp³-hybridized carbons (Fsp3) is 1.00. The molecule has 0 saturated carbocycles. The molecule has 14 heavy (non-hydrogen) atoms. The number of rotatable bonds is 3. The second-order valence-electron chi connectivity index (χ2n) is 5.00. The van der Waals surface area contributed by atoms with Gasteiger partial charge in [-0.15, -0.1) is 0 Å². The number of hydrogen-bond acceptors (Lipinski definition) is 2. The smallest absolute Gasteiger partial charge is 0.114 e. The summed E-state index contributed by atoms with van der Waals surface area (Å²) in [5, 5.41) is 9.92. The van der Waals surface area contributed by atoms with Crippen molar-refractivity contribution in [1.29, 1.82) is 0 Å². The molecule has 84 valence electrons. The van der Waals surface area contributed by atoms with Gasteiger partial charge in [0.1, 0.15) is 12.4 Å². The third-order valence-corrected chi connectivity index (χ3v) is 3.04. The number of halogens is 1. The highest BCUT2D eigenvalue weighted by Crippen LogP contribution is 2.29. The molecule has 0 aromatic heterocycles. The molecule has 0 bridgehead atoms. The van der Waals surface area contributed by atoms with Gasteiger partial charge in [-0.3, -0.25) is 4.90 Å². The van der Waals surface area contributed by atoms with E-state index in [1.54, 1.807) is 0 Å². The maximum absolute atomic E-state index is 13.3. The highest BCUT2D eigenvalue weighted by molar-refractivity contribution is 4.89. The molecule has 0 aromatic rings. The van der Waals surface area contributed by atoms with Crippen LogP contribution in [-0.4, -0.2) is 35.0 Å². The van der Waals surface area contributed by atoms with Crippen LogP contribution < -0.4 is 0 Å². The van der Waals surface area contributed by atoms with Crippen molar-refractivity contribution < 1.29 is 9.50 Å². The van der Waals surface area contributed by atoms with Crippen LogP contribution in [0.1, 0.15) is 34.1 Å². The SMILES string of the molecule is CC(C)C(O)N1CC(F)C[C@H]1C(C)C.